The molecule has 0 amide bonds. The van der Waals surface area contributed by atoms with Crippen molar-refractivity contribution in [1.82, 2.24) is 0 Å². The first-order valence-electron chi connectivity index (χ1n) is 6.58. The minimum atomic E-state index is -0.838. The average Bonchev–Trinajstić information content (AvgIpc) is 2.39. The summed E-state index contributed by atoms with van der Waals surface area (Å²) in [4.78, 5) is 20.5. The van der Waals surface area contributed by atoms with Crippen molar-refractivity contribution in [2.24, 2.45) is 0 Å². The second kappa shape index (κ2) is 11.9. The number of hydrogen-bond donors (Lipinski definition) is 1. The van der Waals surface area contributed by atoms with Crippen LogP contribution in [-0.2, 0) is 4.79 Å². The topological polar surface area (TPSA) is 80.4 Å². The fraction of sp³-hybridized carbons (Fsp3) is 0.400. The summed E-state index contributed by atoms with van der Waals surface area (Å²) in [6.45, 7) is 1.87. The Hall–Kier alpha value is -2.17. The number of aliphatic carboxylic acids is 1. The van der Waals surface area contributed by atoms with Gasteiger partial charge < -0.3 is 5.11 Å². The molecule has 1 N–H and O–H groups in total. The van der Waals surface area contributed by atoms with Crippen LogP contribution in [0.3, 0.4) is 0 Å². The van der Waals surface area contributed by atoms with Gasteiger partial charge in [-0.15, -0.1) is 0 Å². The third-order valence-corrected chi connectivity index (χ3v) is 2.34. The zero-order valence-corrected chi connectivity index (χ0v) is 11.7. The van der Waals surface area contributed by atoms with Crippen molar-refractivity contribution >= 4 is 5.97 Å². The Morgan fingerprint density at radius 2 is 1.55 bits per heavy atom. The van der Waals surface area contributed by atoms with E-state index in [9.17, 15) is 14.9 Å². The van der Waals surface area contributed by atoms with Crippen molar-refractivity contribution in [1.29, 1.82) is 0 Å². The second-order valence-corrected chi connectivity index (χ2v) is 4.05. The maximum absolute atomic E-state index is 10.6. The molecule has 0 unspecified atom stereocenters. The van der Waals surface area contributed by atoms with E-state index in [1.807, 2.05) is 25.2 Å². The molecule has 0 fully saturated rings. The van der Waals surface area contributed by atoms with Crippen LogP contribution >= 0.6 is 0 Å². The Morgan fingerprint density at radius 1 is 1.05 bits per heavy atom. The van der Waals surface area contributed by atoms with Crippen LogP contribution in [0.1, 0.15) is 39.0 Å². The lowest BCUT2D eigenvalue weighted by molar-refractivity contribution is -0.427. The van der Waals surface area contributed by atoms with Crippen molar-refractivity contribution in [3.63, 3.8) is 0 Å². The van der Waals surface area contributed by atoms with E-state index < -0.39 is 5.97 Å². The van der Waals surface area contributed by atoms with Gasteiger partial charge in [0.15, 0.2) is 0 Å². The molecule has 0 rings (SSSR count). The SMILES string of the molecule is CC/C=C(\C/C=C\C/C=C\C/C=C\CC(=O)O)[N+](=O)[O-]. The lowest BCUT2D eigenvalue weighted by atomic mass is 10.2. The van der Waals surface area contributed by atoms with Gasteiger partial charge in [0, 0.05) is 0 Å². The highest BCUT2D eigenvalue weighted by molar-refractivity contribution is 5.68. The summed E-state index contributed by atoms with van der Waals surface area (Å²) >= 11 is 0. The van der Waals surface area contributed by atoms with Crippen molar-refractivity contribution in [2.75, 3.05) is 0 Å². The highest BCUT2D eigenvalue weighted by Gasteiger charge is 2.05. The zero-order valence-electron chi connectivity index (χ0n) is 11.7. The Kier molecular flexibility index (Phi) is 10.6. The summed E-state index contributed by atoms with van der Waals surface area (Å²) < 4.78 is 0. The third-order valence-electron chi connectivity index (χ3n) is 2.34. The van der Waals surface area contributed by atoms with Crippen LogP contribution < -0.4 is 0 Å². The zero-order chi connectivity index (χ0) is 15.2. The molecular weight excluding hydrogens is 258 g/mol. The van der Waals surface area contributed by atoms with Gasteiger partial charge in [-0.2, -0.15) is 0 Å². The molecule has 0 spiro atoms. The number of carbonyl (C=O) groups is 1. The van der Waals surface area contributed by atoms with Gasteiger partial charge in [0.1, 0.15) is 0 Å². The molecule has 0 radical (unpaired) electrons. The quantitative estimate of drug-likeness (QED) is 0.374. The average molecular weight is 279 g/mol. The molecule has 20 heavy (non-hydrogen) atoms. The molecule has 0 saturated heterocycles. The molecule has 0 aliphatic rings. The molecule has 0 bridgehead atoms. The van der Waals surface area contributed by atoms with E-state index in [2.05, 4.69) is 0 Å². The van der Waals surface area contributed by atoms with Crippen molar-refractivity contribution in [2.45, 2.75) is 39.0 Å². The maximum atomic E-state index is 10.6. The summed E-state index contributed by atoms with van der Waals surface area (Å²) in [6, 6.07) is 0. The van der Waals surface area contributed by atoms with Crippen LogP contribution in [0.5, 0.6) is 0 Å². The van der Waals surface area contributed by atoms with Crippen LogP contribution in [-0.4, -0.2) is 16.0 Å². The van der Waals surface area contributed by atoms with Gasteiger partial charge in [-0.05, 0) is 25.3 Å². The molecule has 0 aromatic heterocycles. The molecule has 0 aliphatic heterocycles. The van der Waals surface area contributed by atoms with Crippen LogP contribution in [0.25, 0.3) is 0 Å². The first-order valence-corrected chi connectivity index (χ1v) is 6.58. The second-order valence-electron chi connectivity index (χ2n) is 4.05. The number of carboxylic acid groups (broad SMARTS) is 1. The summed E-state index contributed by atoms with van der Waals surface area (Å²) in [5.41, 5.74) is 0.226. The normalized spacial score (nSPS) is 12.8. The molecule has 0 heterocycles. The monoisotopic (exact) mass is 279 g/mol. The molecule has 0 aliphatic carbocycles. The first kappa shape index (κ1) is 17.8. The van der Waals surface area contributed by atoms with Gasteiger partial charge in [0.05, 0.1) is 17.8 Å². The van der Waals surface area contributed by atoms with Gasteiger partial charge in [-0.25, -0.2) is 0 Å². The summed E-state index contributed by atoms with van der Waals surface area (Å²) in [6.07, 6.45) is 15.0. The lowest BCUT2D eigenvalue weighted by Crippen LogP contribution is -1.96. The lowest BCUT2D eigenvalue weighted by Gasteiger charge is -1.92. The predicted octanol–water partition coefficient (Wildman–Crippen LogP) is 3.87. The molecule has 5 nitrogen and oxygen atoms in total. The number of hydrogen-bond acceptors (Lipinski definition) is 3. The standard InChI is InChI=1S/C15H21NO4/c1-2-11-14(16(19)20)12-9-7-5-3-4-6-8-10-13-15(17)18/h3-4,7-11H,2,5-6,12-13H2,1H3,(H,17,18)/b4-3-,9-7-,10-8-,14-11+. The van der Waals surface area contributed by atoms with E-state index in [-0.39, 0.29) is 17.0 Å². The Labute approximate surface area is 119 Å². The van der Waals surface area contributed by atoms with Crippen LogP contribution in [0.15, 0.2) is 48.2 Å². The van der Waals surface area contributed by atoms with Crippen molar-refractivity contribution in [3.8, 4) is 0 Å². The molecule has 0 saturated carbocycles. The Balaban J connectivity index is 3.86. The number of allylic oxidation sites excluding steroid dienone is 6. The van der Waals surface area contributed by atoms with Gasteiger partial charge in [0.25, 0.3) is 0 Å². The smallest absolute Gasteiger partial charge is 0.307 e. The predicted molar refractivity (Wildman–Crippen MR) is 78.9 cm³/mol. The third kappa shape index (κ3) is 11.0. The Morgan fingerprint density at radius 3 is 2.00 bits per heavy atom. The van der Waals surface area contributed by atoms with E-state index in [0.29, 0.717) is 25.7 Å². The van der Waals surface area contributed by atoms with Crippen LogP contribution in [0, 0.1) is 10.1 Å². The number of nitro groups is 1. The summed E-state index contributed by atoms with van der Waals surface area (Å²) in [7, 11) is 0. The fourth-order valence-electron chi connectivity index (χ4n) is 1.40. The number of nitrogens with zero attached hydrogens (tertiary/aromatic N) is 1. The molecule has 5 heteroatoms. The van der Waals surface area contributed by atoms with Crippen LogP contribution in [0.4, 0.5) is 0 Å². The number of carboxylic acids is 1. The van der Waals surface area contributed by atoms with Gasteiger partial charge >= 0.3 is 5.97 Å². The van der Waals surface area contributed by atoms with Crippen molar-refractivity contribution < 1.29 is 14.8 Å². The molecule has 110 valence electrons. The van der Waals surface area contributed by atoms with E-state index in [0.717, 1.165) is 0 Å². The first-order chi connectivity index (χ1) is 9.57. The molecule has 0 aromatic rings. The van der Waals surface area contributed by atoms with E-state index >= 15 is 0 Å². The highest BCUT2D eigenvalue weighted by atomic mass is 16.6. The van der Waals surface area contributed by atoms with Gasteiger partial charge in [0.2, 0.25) is 5.70 Å². The minimum absolute atomic E-state index is 0.0428. The number of rotatable bonds is 10. The van der Waals surface area contributed by atoms with E-state index in [4.69, 9.17) is 5.11 Å². The summed E-state index contributed by atoms with van der Waals surface area (Å²) in [5, 5.41) is 19.0. The van der Waals surface area contributed by atoms with Crippen LogP contribution in [0.2, 0.25) is 0 Å². The fourth-order valence-corrected chi connectivity index (χ4v) is 1.40. The van der Waals surface area contributed by atoms with E-state index in [1.54, 1.807) is 24.3 Å². The molecule has 0 atom stereocenters. The molecular formula is C15H21NO4. The Bertz CT molecular complexity index is 420. The largest absolute Gasteiger partial charge is 0.481 e. The van der Waals surface area contributed by atoms with E-state index in [1.165, 1.54) is 0 Å². The maximum Gasteiger partial charge on any atom is 0.307 e. The molecule has 0 aromatic carbocycles. The summed E-state index contributed by atoms with van der Waals surface area (Å²) in [5.74, 6) is -0.838. The van der Waals surface area contributed by atoms with Gasteiger partial charge in [-0.3, -0.25) is 14.9 Å². The highest BCUT2D eigenvalue weighted by Crippen LogP contribution is 2.05. The van der Waals surface area contributed by atoms with Crippen molar-refractivity contribution in [3.05, 3.63) is 58.3 Å². The minimum Gasteiger partial charge on any atom is -0.481 e. The van der Waals surface area contributed by atoms with Gasteiger partial charge in [-0.1, -0.05) is 43.4 Å².